The Bertz CT molecular complexity index is 647. The van der Waals surface area contributed by atoms with Crippen LogP contribution in [0, 0.1) is 0 Å². The summed E-state index contributed by atoms with van der Waals surface area (Å²) in [4.78, 5) is 23.9. The molecule has 0 fully saturated rings. The van der Waals surface area contributed by atoms with Gasteiger partial charge in [0, 0.05) is 12.3 Å². The van der Waals surface area contributed by atoms with E-state index in [0.717, 1.165) is 5.39 Å². The number of Topliss-reactive ketones (excluding diaryl/α,β-unsaturated/α-hetero) is 1. The third kappa shape index (κ3) is 2.67. The Morgan fingerprint density at radius 3 is 2.37 bits per heavy atom. The standard InChI is InChI=1S/C15H17NO3/c1-10(17)13-9-11-7-5-6-8-12(11)16(13)14(18)19-15(2,3)4/h5-9H,1-4H3. The van der Waals surface area contributed by atoms with E-state index < -0.39 is 11.7 Å². The molecule has 0 aliphatic heterocycles. The number of rotatable bonds is 1. The summed E-state index contributed by atoms with van der Waals surface area (Å²) < 4.78 is 6.69. The van der Waals surface area contributed by atoms with Crippen molar-refractivity contribution >= 4 is 22.8 Å². The van der Waals surface area contributed by atoms with Crippen LogP contribution in [0.15, 0.2) is 30.3 Å². The first-order chi connectivity index (χ1) is 8.79. The summed E-state index contributed by atoms with van der Waals surface area (Å²) in [6.45, 7) is 6.83. The molecule has 2 rings (SSSR count). The molecule has 0 amide bonds. The third-order valence-corrected chi connectivity index (χ3v) is 2.65. The van der Waals surface area contributed by atoms with Gasteiger partial charge in [0.2, 0.25) is 0 Å². The van der Waals surface area contributed by atoms with E-state index in [1.165, 1.54) is 11.5 Å². The molecular weight excluding hydrogens is 242 g/mol. The molecule has 4 nitrogen and oxygen atoms in total. The highest BCUT2D eigenvalue weighted by Crippen LogP contribution is 2.22. The first-order valence-electron chi connectivity index (χ1n) is 6.14. The normalized spacial score (nSPS) is 11.6. The number of ether oxygens (including phenoxy) is 1. The average molecular weight is 259 g/mol. The van der Waals surface area contributed by atoms with Gasteiger partial charge in [0.1, 0.15) is 5.60 Å². The molecule has 0 unspecified atom stereocenters. The largest absolute Gasteiger partial charge is 0.443 e. The number of benzene rings is 1. The SMILES string of the molecule is CC(=O)c1cc2ccccc2n1C(=O)OC(C)(C)C. The molecule has 0 bridgehead atoms. The lowest BCUT2D eigenvalue weighted by molar-refractivity contribution is 0.0536. The van der Waals surface area contributed by atoms with Crippen LogP contribution in [0.3, 0.4) is 0 Å². The molecule has 0 spiro atoms. The van der Waals surface area contributed by atoms with Crippen molar-refractivity contribution < 1.29 is 14.3 Å². The van der Waals surface area contributed by atoms with Crippen molar-refractivity contribution in [3.63, 3.8) is 0 Å². The fourth-order valence-corrected chi connectivity index (χ4v) is 1.92. The summed E-state index contributed by atoms with van der Waals surface area (Å²) in [6, 6.07) is 9.06. The van der Waals surface area contributed by atoms with Gasteiger partial charge in [-0.05, 0) is 32.9 Å². The zero-order valence-electron chi connectivity index (χ0n) is 11.6. The lowest BCUT2D eigenvalue weighted by Gasteiger charge is -2.20. The summed E-state index contributed by atoms with van der Waals surface area (Å²) in [7, 11) is 0. The van der Waals surface area contributed by atoms with Crippen molar-refractivity contribution in [2.75, 3.05) is 0 Å². The van der Waals surface area contributed by atoms with Crippen molar-refractivity contribution in [3.8, 4) is 0 Å². The van der Waals surface area contributed by atoms with Gasteiger partial charge in [-0.25, -0.2) is 9.36 Å². The van der Waals surface area contributed by atoms with Crippen LogP contribution in [0.2, 0.25) is 0 Å². The van der Waals surface area contributed by atoms with Gasteiger partial charge in [0.15, 0.2) is 5.78 Å². The Morgan fingerprint density at radius 1 is 1.16 bits per heavy atom. The molecule has 100 valence electrons. The van der Waals surface area contributed by atoms with Crippen LogP contribution >= 0.6 is 0 Å². The van der Waals surface area contributed by atoms with E-state index in [2.05, 4.69) is 0 Å². The summed E-state index contributed by atoms with van der Waals surface area (Å²) in [5.74, 6) is -0.165. The van der Waals surface area contributed by atoms with Gasteiger partial charge in [0.25, 0.3) is 0 Å². The van der Waals surface area contributed by atoms with Crippen molar-refractivity contribution in [3.05, 3.63) is 36.0 Å². The molecule has 2 aromatic rings. The number of aromatic nitrogens is 1. The van der Waals surface area contributed by atoms with Crippen LogP contribution in [-0.4, -0.2) is 22.0 Å². The number of hydrogen-bond acceptors (Lipinski definition) is 3. The predicted molar refractivity (Wildman–Crippen MR) is 73.6 cm³/mol. The fourth-order valence-electron chi connectivity index (χ4n) is 1.92. The van der Waals surface area contributed by atoms with Gasteiger partial charge in [0.05, 0.1) is 11.2 Å². The fraction of sp³-hybridized carbons (Fsp3) is 0.333. The molecule has 4 heteroatoms. The highest BCUT2D eigenvalue weighted by atomic mass is 16.6. The van der Waals surface area contributed by atoms with Gasteiger partial charge < -0.3 is 4.74 Å². The van der Waals surface area contributed by atoms with Crippen LogP contribution in [0.4, 0.5) is 4.79 Å². The van der Waals surface area contributed by atoms with E-state index in [9.17, 15) is 9.59 Å². The Morgan fingerprint density at radius 2 is 1.79 bits per heavy atom. The molecule has 0 radical (unpaired) electrons. The summed E-state index contributed by atoms with van der Waals surface area (Å²) in [5.41, 5.74) is 0.425. The maximum absolute atomic E-state index is 12.2. The molecular formula is C15H17NO3. The molecule has 0 N–H and O–H groups in total. The predicted octanol–water partition coefficient (Wildman–Crippen LogP) is 3.63. The Hall–Kier alpha value is -2.10. The van der Waals surface area contributed by atoms with E-state index in [4.69, 9.17) is 4.74 Å². The Labute approximate surface area is 112 Å². The average Bonchev–Trinajstić information content (AvgIpc) is 2.65. The van der Waals surface area contributed by atoms with Crippen LogP contribution in [0.25, 0.3) is 10.9 Å². The molecule has 0 saturated heterocycles. The maximum atomic E-state index is 12.2. The molecule has 0 saturated carbocycles. The minimum absolute atomic E-state index is 0.165. The summed E-state index contributed by atoms with van der Waals surface area (Å²) in [5, 5.41) is 0.846. The topological polar surface area (TPSA) is 48.3 Å². The second-order valence-corrected chi connectivity index (χ2v) is 5.46. The zero-order valence-corrected chi connectivity index (χ0v) is 11.6. The van der Waals surface area contributed by atoms with E-state index in [-0.39, 0.29) is 5.78 Å². The number of hydrogen-bond donors (Lipinski definition) is 0. The van der Waals surface area contributed by atoms with Gasteiger partial charge in [-0.3, -0.25) is 4.79 Å². The highest BCUT2D eigenvalue weighted by Gasteiger charge is 2.23. The number of fused-ring (bicyclic) bond motifs is 1. The van der Waals surface area contributed by atoms with Gasteiger partial charge in [-0.2, -0.15) is 0 Å². The molecule has 0 aliphatic carbocycles. The molecule has 19 heavy (non-hydrogen) atoms. The van der Waals surface area contributed by atoms with Crippen molar-refractivity contribution in [2.24, 2.45) is 0 Å². The van der Waals surface area contributed by atoms with E-state index in [0.29, 0.717) is 11.2 Å². The Kier molecular flexibility index (Phi) is 3.18. The number of ketones is 1. The molecule has 0 aliphatic rings. The van der Waals surface area contributed by atoms with E-state index >= 15 is 0 Å². The smallest absolute Gasteiger partial charge is 0.419 e. The van der Waals surface area contributed by atoms with Crippen molar-refractivity contribution in [1.29, 1.82) is 0 Å². The maximum Gasteiger partial charge on any atom is 0.419 e. The number of para-hydroxylation sites is 1. The van der Waals surface area contributed by atoms with E-state index in [1.54, 1.807) is 32.9 Å². The van der Waals surface area contributed by atoms with Gasteiger partial charge >= 0.3 is 6.09 Å². The number of nitrogens with zero attached hydrogens (tertiary/aromatic N) is 1. The number of carbonyl (C=O) groups is 2. The van der Waals surface area contributed by atoms with Crippen molar-refractivity contribution in [1.82, 2.24) is 4.57 Å². The second kappa shape index (κ2) is 4.53. The second-order valence-electron chi connectivity index (χ2n) is 5.46. The lowest BCUT2D eigenvalue weighted by Crippen LogP contribution is -2.28. The van der Waals surface area contributed by atoms with Gasteiger partial charge in [-0.15, -0.1) is 0 Å². The van der Waals surface area contributed by atoms with E-state index in [1.807, 2.05) is 18.2 Å². The molecule has 1 aromatic heterocycles. The Balaban J connectivity index is 2.60. The van der Waals surface area contributed by atoms with Gasteiger partial charge in [-0.1, -0.05) is 18.2 Å². The van der Waals surface area contributed by atoms with Crippen LogP contribution < -0.4 is 0 Å². The minimum atomic E-state index is -0.601. The molecule has 1 heterocycles. The first kappa shape index (κ1) is 13.3. The highest BCUT2D eigenvalue weighted by molar-refractivity contribution is 6.03. The molecule has 0 atom stereocenters. The number of carbonyl (C=O) groups excluding carboxylic acids is 2. The quantitative estimate of drug-likeness (QED) is 0.735. The monoisotopic (exact) mass is 259 g/mol. The summed E-state index contributed by atoms with van der Waals surface area (Å²) in [6.07, 6.45) is -0.529. The first-order valence-corrected chi connectivity index (χ1v) is 6.14. The third-order valence-electron chi connectivity index (χ3n) is 2.65. The van der Waals surface area contributed by atoms with Crippen LogP contribution in [0.5, 0.6) is 0 Å². The zero-order chi connectivity index (χ0) is 14.2. The summed E-state index contributed by atoms with van der Waals surface area (Å²) >= 11 is 0. The van der Waals surface area contributed by atoms with Crippen molar-refractivity contribution in [2.45, 2.75) is 33.3 Å². The molecule has 1 aromatic carbocycles. The lowest BCUT2D eigenvalue weighted by atomic mass is 10.2. The minimum Gasteiger partial charge on any atom is -0.443 e. The van der Waals surface area contributed by atoms with Crippen LogP contribution in [-0.2, 0) is 4.74 Å². The van der Waals surface area contributed by atoms with Crippen LogP contribution in [0.1, 0.15) is 38.2 Å².